The predicted molar refractivity (Wildman–Crippen MR) is 78.9 cm³/mol. The minimum atomic E-state index is 0.752. The summed E-state index contributed by atoms with van der Waals surface area (Å²) in [5.74, 6) is 0.926. The van der Waals surface area contributed by atoms with Crippen LogP contribution < -0.4 is 4.90 Å². The zero-order chi connectivity index (χ0) is 13.9. The highest BCUT2D eigenvalue weighted by molar-refractivity contribution is 6.30. The van der Waals surface area contributed by atoms with Gasteiger partial charge in [0.15, 0.2) is 5.82 Å². The lowest BCUT2D eigenvalue weighted by Crippen LogP contribution is -2.30. The highest BCUT2D eigenvalue weighted by Gasteiger charge is 2.19. The van der Waals surface area contributed by atoms with Gasteiger partial charge in [-0.05, 0) is 53.5 Å². The van der Waals surface area contributed by atoms with Crippen molar-refractivity contribution in [2.24, 2.45) is 0 Å². The molecule has 1 aromatic heterocycles. The molecular formula is C14H18ClN5. The van der Waals surface area contributed by atoms with E-state index in [1.165, 1.54) is 11.3 Å². The monoisotopic (exact) mass is 291 g/mol. The Hall–Kier alpha value is -1.62. The van der Waals surface area contributed by atoms with E-state index in [0.29, 0.717) is 0 Å². The average molecular weight is 292 g/mol. The number of tetrazole rings is 1. The molecule has 1 aliphatic rings. The number of aromatic nitrogens is 4. The lowest BCUT2D eigenvalue weighted by atomic mass is 10.0. The minimum Gasteiger partial charge on any atom is -0.364 e. The number of benzene rings is 1. The Kier molecular flexibility index (Phi) is 3.87. The van der Waals surface area contributed by atoms with Crippen LogP contribution in [-0.4, -0.2) is 26.8 Å². The van der Waals surface area contributed by atoms with Gasteiger partial charge in [-0.2, -0.15) is 0 Å². The van der Waals surface area contributed by atoms with Gasteiger partial charge < -0.3 is 4.90 Å². The summed E-state index contributed by atoms with van der Waals surface area (Å²) in [6, 6.07) is 6.12. The van der Waals surface area contributed by atoms with E-state index in [0.717, 1.165) is 49.7 Å². The van der Waals surface area contributed by atoms with Crippen molar-refractivity contribution >= 4 is 17.3 Å². The number of fused-ring (bicyclic) bond motifs is 1. The van der Waals surface area contributed by atoms with E-state index in [2.05, 4.69) is 39.5 Å². The van der Waals surface area contributed by atoms with E-state index in [9.17, 15) is 0 Å². The van der Waals surface area contributed by atoms with Crippen LogP contribution in [0, 0.1) is 0 Å². The molecule has 0 aliphatic carbocycles. The van der Waals surface area contributed by atoms with Crippen molar-refractivity contribution in [2.45, 2.75) is 39.3 Å². The van der Waals surface area contributed by atoms with Crippen molar-refractivity contribution in [3.8, 4) is 0 Å². The van der Waals surface area contributed by atoms with Crippen molar-refractivity contribution < 1.29 is 0 Å². The number of aryl methyl sites for hydroxylation is 2. The predicted octanol–water partition coefficient (Wildman–Crippen LogP) is 2.69. The van der Waals surface area contributed by atoms with Crippen LogP contribution in [0.4, 0.5) is 5.69 Å². The first-order chi connectivity index (χ1) is 9.78. The van der Waals surface area contributed by atoms with Gasteiger partial charge in [0, 0.05) is 23.8 Å². The number of nitrogens with zero attached hydrogens (tertiary/aromatic N) is 5. The second kappa shape index (κ2) is 5.79. The zero-order valence-corrected chi connectivity index (χ0v) is 12.3. The lowest BCUT2D eigenvalue weighted by Gasteiger charge is -2.30. The van der Waals surface area contributed by atoms with Gasteiger partial charge >= 0.3 is 0 Å². The zero-order valence-electron chi connectivity index (χ0n) is 11.6. The van der Waals surface area contributed by atoms with Crippen molar-refractivity contribution in [3.05, 3.63) is 34.6 Å². The van der Waals surface area contributed by atoms with Crippen LogP contribution in [0.5, 0.6) is 0 Å². The van der Waals surface area contributed by atoms with Gasteiger partial charge in [-0.15, -0.1) is 5.10 Å². The quantitative estimate of drug-likeness (QED) is 0.869. The summed E-state index contributed by atoms with van der Waals surface area (Å²) in [6.07, 6.45) is 3.26. The first kappa shape index (κ1) is 13.4. The number of rotatable bonds is 4. The second-order valence-corrected chi connectivity index (χ2v) is 5.55. The summed E-state index contributed by atoms with van der Waals surface area (Å²) in [5.41, 5.74) is 2.57. The van der Waals surface area contributed by atoms with E-state index >= 15 is 0 Å². The fourth-order valence-corrected chi connectivity index (χ4v) is 2.90. The average Bonchev–Trinajstić information content (AvgIpc) is 2.86. The molecular weight excluding hydrogens is 274 g/mol. The normalized spacial score (nSPS) is 14.4. The smallest absolute Gasteiger partial charge is 0.170 e. The second-order valence-electron chi connectivity index (χ2n) is 5.12. The Labute approximate surface area is 123 Å². The molecule has 0 fully saturated rings. The van der Waals surface area contributed by atoms with Crippen molar-refractivity contribution in [3.63, 3.8) is 0 Å². The summed E-state index contributed by atoms with van der Waals surface area (Å²) in [7, 11) is 0. The third-order valence-electron chi connectivity index (χ3n) is 3.63. The molecule has 0 radical (unpaired) electrons. The summed E-state index contributed by atoms with van der Waals surface area (Å²) >= 11 is 6.08. The van der Waals surface area contributed by atoms with Gasteiger partial charge in [-0.1, -0.05) is 18.5 Å². The minimum absolute atomic E-state index is 0.752. The summed E-state index contributed by atoms with van der Waals surface area (Å²) < 4.78 is 1.89. The molecule has 0 N–H and O–H groups in total. The Bertz CT molecular complexity index is 595. The summed E-state index contributed by atoms with van der Waals surface area (Å²) in [6.45, 7) is 4.78. The maximum absolute atomic E-state index is 6.08. The van der Waals surface area contributed by atoms with Crippen molar-refractivity contribution in [1.82, 2.24) is 20.2 Å². The van der Waals surface area contributed by atoms with Gasteiger partial charge in [-0.25, -0.2) is 4.68 Å². The van der Waals surface area contributed by atoms with Gasteiger partial charge in [0.25, 0.3) is 0 Å². The van der Waals surface area contributed by atoms with Crippen LogP contribution in [-0.2, 0) is 19.5 Å². The highest BCUT2D eigenvalue weighted by atomic mass is 35.5. The molecule has 0 spiro atoms. The molecule has 106 valence electrons. The Morgan fingerprint density at radius 3 is 3.10 bits per heavy atom. The molecule has 0 amide bonds. The number of halogens is 1. The topological polar surface area (TPSA) is 46.8 Å². The van der Waals surface area contributed by atoms with Crippen molar-refractivity contribution in [2.75, 3.05) is 11.4 Å². The largest absolute Gasteiger partial charge is 0.364 e. The van der Waals surface area contributed by atoms with Crippen LogP contribution in [0.15, 0.2) is 18.2 Å². The molecule has 0 atom stereocenters. The first-order valence-electron chi connectivity index (χ1n) is 7.06. The number of anilines is 1. The summed E-state index contributed by atoms with van der Waals surface area (Å²) in [5, 5.41) is 12.8. The standard InChI is InChI=1S/C14H18ClN5/c1-2-7-20-14(16-17-18-20)10-19-8-3-4-11-9-12(15)5-6-13(11)19/h5-6,9H,2-4,7-8,10H2,1H3. The van der Waals surface area contributed by atoms with E-state index in [1.807, 2.05) is 10.7 Å². The van der Waals surface area contributed by atoms with Crippen LogP contribution in [0.25, 0.3) is 0 Å². The molecule has 5 nitrogen and oxygen atoms in total. The molecule has 3 rings (SSSR count). The van der Waals surface area contributed by atoms with E-state index in [-0.39, 0.29) is 0 Å². The van der Waals surface area contributed by atoms with E-state index < -0.39 is 0 Å². The molecule has 0 saturated heterocycles. The fraction of sp³-hybridized carbons (Fsp3) is 0.500. The van der Waals surface area contributed by atoms with Gasteiger partial charge in [0.05, 0.1) is 6.54 Å². The Balaban J connectivity index is 1.84. The van der Waals surface area contributed by atoms with Gasteiger partial charge in [0.1, 0.15) is 0 Å². The molecule has 20 heavy (non-hydrogen) atoms. The SMILES string of the molecule is CCCn1nnnc1CN1CCCc2cc(Cl)ccc21. The number of hydrogen-bond acceptors (Lipinski definition) is 4. The van der Waals surface area contributed by atoms with Crippen LogP contribution in [0.2, 0.25) is 5.02 Å². The van der Waals surface area contributed by atoms with Gasteiger partial charge in [0.2, 0.25) is 0 Å². The maximum Gasteiger partial charge on any atom is 0.170 e. The fourth-order valence-electron chi connectivity index (χ4n) is 2.70. The molecule has 1 aromatic carbocycles. The Morgan fingerprint density at radius 2 is 2.25 bits per heavy atom. The molecule has 0 unspecified atom stereocenters. The highest BCUT2D eigenvalue weighted by Crippen LogP contribution is 2.30. The van der Waals surface area contributed by atoms with Gasteiger partial charge in [-0.3, -0.25) is 0 Å². The van der Waals surface area contributed by atoms with Crippen LogP contribution in [0.3, 0.4) is 0 Å². The maximum atomic E-state index is 6.08. The molecule has 2 aromatic rings. The molecule has 0 bridgehead atoms. The van der Waals surface area contributed by atoms with E-state index in [1.54, 1.807) is 0 Å². The van der Waals surface area contributed by atoms with Crippen LogP contribution in [0.1, 0.15) is 31.2 Å². The van der Waals surface area contributed by atoms with Crippen LogP contribution >= 0.6 is 11.6 Å². The third kappa shape index (κ3) is 2.63. The molecule has 0 saturated carbocycles. The molecule has 1 aliphatic heterocycles. The lowest BCUT2D eigenvalue weighted by molar-refractivity contribution is 0.545. The number of hydrogen-bond donors (Lipinski definition) is 0. The molecule has 6 heteroatoms. The van der Waals surface area contributed by atoms with Crippen molar-refractivity contribution in [1.29, 1.82) is 0 Å². The third-order valence-corrected chi connectivity index (χ3v) is 3.87. The summed E-state index contributed by atoms with van der Waals surface area (Å²) in [4.78, 5) is 2.34. The Morgan fingerprint density at radius 1 is 1.35 bits per heavy atom. The van der Waals surface area contributed by atoms with E-state index in [4.69, 9.17) is 11.6 Å². The molecule has 2 heterocycles. The first-order valence-corrected chi connectivity index (χ1v) is 7.44.